The third-order valence-electron chi connectivity index (χ3n) is 2.64. The van der Waals surface area contributed by atoms with Crippen LogP contribution in [0.25, 0.3) is 0 Å². The molecule has 19 heavy (non-hydrogen) atoms. The number of methoxy groups -OCH3 is 2. The van der Waals surface area contributed by atoms with E-state index in [0.29, 0.717) is 23.1 Å². The largest absolute Gasteiger partial charge is 0.496 e. The van der Waals surface area contributed by atoms with Gasteiger partial charge >= 0.3 is 0 Å². The average Bonchev–Trinajstić information content (AvgIpc) is 2.40. The van der Waals surface area contributed by atoms with Crippen molar-refractivity contribution in [2.45, 2.75) is 6.92 Å². The topological polar surface area (TPSA) is 40.6 Å². The van der Waals surface area contributed by atoms with Gasteiger partial charge in [-0.15, -0.1) is 0 Å². The molecular weight excluding hydrogens is 310 g/mol. The molecule has 1 heterocycles. The number of hydrogen-bond acceptors (Lipinski definition) is 4. The van der Waals surface area contributed by atoms with E-state index in [9.17, 15) is 0 Å². The van der Waals surface area contributed by atoms with Gasteiger partial charge in [0.1, 0.15) is 21.9 Å². The molecule has 1 aromatic heterocycles. The number of pyridine rings is 1. The highest BCUT2D eigenvalue weighted by molar-refractivity contribution is 9.10. The maximum atomic E-state index is 5.70. The maximum Gasteiger partial charge on any atom is 0.220 e. The van der Waals surface area contributed by atoms with E-state index in [1.807, 2.05) is 19.1 Å². The third-order valence-corrected chi connectivity index (χ3v) is 3.08. The van der Waals surface area contributed by atoms with Crippen LogP contribution >= 0.6 is 15.9 Å². The number of hydrogen-bond donors (Lipinski definition) is 0. The van der Waals surface area contributed by atoms with E-state index in [4.69, 9.17) is 14.2 Å². The number of halogens is 1. The van der Waals surface area contributed by atoms with Crippen molar-refractivity contribution >= 4 is 15.9 Å². The molecule has 1 aromatic carbocycles. The second kappa shape index (κ2) is 5.93. The Morgan fingerprint density at radius 2 is 1.68 bits per heavy atom. The quantitative estimate of drug-likeness (QED) is 0.798. The van der Waals surface area contributed by atoms with Gasteiger partial charge in [-0.2, -0.15) is 0 Å². The van der Waals surface area contributed by atoms with Crippen LogP contribution in [0.5, 0.6) is 23.1 Å². The zero-order valence-electron chi connectivity index (χ0n) is 10.9. The van der Waals surface area contributed by atoms with E-state index in [1.54, 1.807) is 32.4 Å². The van der Waals surface area contributed by atoms with Crippen molar-refractivity contribution < 1.29 is 14.2 Å². The normalized spacial score (nSPS) is 10.1. The number of nitrogens with zero attached hydrogens (tertiary/aromatic N) is 1. The smallest absolute Gasteiger partial charge is 0.220 e. The van der Waals surface area contributed by atoms with Crippen LogP contribution < -0.4 is 14.2 Å². The summed E-state index contributed by atoms with van der Waals surface area (Å²) in [6.45, 7) is 1.93. The van der Waals surface area contributed by atoms with Crippen LogP contribution in [0.4, 0.5) is 0 Å². The first-order valence-electron chi connectivity index (χ1n) is 5.67. The van der Waals surface area contributed by atoms with Gasteiger partial charge in [-0.05, 0) is 28.9 Å². The van der Waals surface area contributed by atoms with E-state index >= 15 is 0 Å². The molecule has 0 radical (unpaired) electrons. The second-order valence-corrected chi connectivity index (χ2v) is 4.67. The molecule has 0 aliphatic carbocycles. The summed E-state index contributed by atoms with van der Waals surface area (Å²) in [5.41, 5.74) is 0.930. The lowest BCUT2D eigenvalue weighted by Crippen LogP contribution is -1.95. The van der Waals surface area contributed by atoms with Crippen LogP contribution in [0.15, 0.2) is 34.9 Å². The zero-order chi connectivity index (χ0) is 13.8. The van der Waals surface area contributed by atoms with Crippen molar-refractivity contribution in [3.63, 3.8) is 0 Å². The summed E-state index contributed by atoms with van der Waals surface area (Å²) in [4.78, 5) is 4.21. The molecule has 0 aliphatic heterocycles. The highest BCUT2D eigenvalue weighted by atomic mass is 79.9. The highest BCUT2D eigenvalue weighted by Gasteiger charge is 2.10. The Hall–Kier alpha value is -1.75. The SMILES string of the molecule is COc1cc(Oc2cccc(Br)n2)cc(OC)c1C. The molecule has 0 fully saturated rings. The van der Waals surface area contributed by atoms with Crippen molar-refractivity contribution in [3.8, 4) is 23.1 Å². The molecule has 2 rings (SSSR count). The van der Waals surface area contributed by atoms with Crippen molar-refractivity contribution in [1.82, 2.24) is 4.98 Å². The fourth-order valence-corrected chi connectivity index (χ4v) is 2.02. The maximum absolute atomic E-state index is 5.70. The molecule has 0 spiro atoms. The molecule has 0 saturated heterocycles. The molecule has 0 amide bonds. The molecule has 4 nitrogen and oxygen atoms in total. The van der Waals surface area contributed by atoms with Crippen LogP contribution in [0.2, 0.25) is 0 Å². The summed E-state index contributed by atoms with van der Waals surface area (Å²) in [5.74, 6) is 2.54. The standard InChI is InChI=1S/C14H14BrNO3/c1-9-11(17-2)7-10(8-12(9)18-3)19-14-6-4-5-13(15)16-14/h4-8H,1-3H3. The lowest BCUT2D eigenvalue weighted by atomic mass is 10.2. The molecule has 0 atom stereocenters. The molecular formula is C14H14BrNO3. The molecule has 0 N–H and O–H groups in total. The minimum atomic E-state index is 0.502. The molecule has 0 unspecified atom stereocenters. The van der Waals surface area contributed by atoms with Gasteiger partial charge in [0, 0.05) is 23.8 Å². The van der Waals surface area contributed by atoms with Gasteiger partial charge in [0.05, 0.1) is 14.2 Å². The van der Waals surface area contributed by atoms with Gasteiger partial charge in [0.15, 0.2) is 0 Å². The predicted molar refractivity (Wildman–Crippen MR) is 76.3 cm³/mol. The fraction of sp³-hybridized carbons (Fsp3) is 0.214. The first-order valence-corrected chi connectivity index (χ1v) is 6.46. The van der Waals surface area contributed by atoms with Gasteiger partial charge in [-0.3, -0.25) is 0 Å². The molecule has 0 saturated carbocycles. The van der Waals surface area contributed by atoms with Crippen LogP contribution in [0.3, 0.4) is 0 Å². The fourth-order valence-electron chi connectivity index (χ4n) is 1.69. The first kappa shape index (κ1) is 13.7. The van der Waals surface area contributed by atoms with Crippen molar-refractivity contribution in [1.29, 1.82) is 0 Å². The summed E-state index contributed by atoms with van der Waals surface area (Å²) in [6.07, 6.45) is 0. The summed E-state index contributed by atoms with van der Waals surface area (Å²) in [5, 5.41) is 0. The average molecular weight is 324 g/mol. The van der Waals surface area contributed by atoms with Crippen LogP contribution in [0, 0.1) is 6.92 Å². The highest BCUT2D eigenvalue weighted by Crippen LogP contribution is 2.34. The van der Waals surface area contributed by atoms with E-state index in [2.05, 4.69) is 20.9 Å². The Balaban J connectivity index is 2.35. The van der Waals surface area contributed by atoms with Crippen molar-refractivity contribution in [2.75, 3.05) is 14.2 Å². The van der Waals surface area contributed by atoms with Gasteiger partial charge < -0.3 is 14.2 Å². The predicted octanol–water partition coefficient (Wildman–Crippen LogP) is 3.96. The van der Waals surface area contributed by atoms with Gasteiger partial charge in [0.2, 0.25) is 5.88 Å². The minimum absolute atomic E-state index is 0.502. The number of rotatable bonds is 4. The van der Waals surface area contributed by atoms with Crippen molar-refractivity contribution in [2.24, 2.45) is 0 Å². The molecule has 100 valence electrons. The van der Waals surface area contributed by atoms with Crippen LogP contribution in [0.1, 0.15) is 5.56 Å². The summed E-state index contributed by atoms with van der Waals surface area (Å²) in [6, 6.07) is 9.09. The Bertz CT molecular complexity index is 562. The van der Waals surface area contributed by atoms with E-state index < -0.39 is 0 Å². The minimum Gasteiger partial charge on any atom is -0.496 e. The molecule has 0 bridgehead atoms. The van der Waals surface area contributed by atoms with Crippen LogP contribution in [-0.2, 0) is 0 Å². The van der Waals surface area contributed by atoms with Gasteiger partial charge in [-0.25, -0.2) is 4.98 Å². The lowest BCUT2D eigenvalue weighted by molar-refractivity contribution is 0.380. The van der Waals surface area contributed by atoms with Crippen LogP contribution in [-0.4, -0.2) is 19.2 Å². The first-order chi connectivity index (χ1) is 9.13. The second-order valence-electron chi connectivity index (χ2n) is 3.85. The summed E-state index contributed by atoms with van der Waals surface area (Å²) in [7, 11) is 3.23. The molecule has 5 heteroatoms. The van der Waals surface area contributed by atoms with E-state index in [-0.39, 0.29) is 0 Å². The Morgan fingerprint density at radius 1 is 1.05 bits per heavy atom. The number of aromatic nitrogens is 1. The van der Waals surface area contributed by atoms with E-state index in [1.165, 1.54) is 0 Å². The van der Waals surface area contributed by atoms with E-state index in [0.717, 1.165) is 10.2 Å². The Kier molecular flexibility index (Phi) is 4.27. The Labute approximate surface area is 120 Å². The summed E-state index contributed by atoms with van der Waals surface area (Å²) < 4.78 is 17.0. The molecule has 0 aliphatic rings. The number of ether oxygens (including phenoxy) is 3. The monoisotopic (exact) mass is 323 g/mol. The van der Waals surface area contributed by atoms with Gasteiger partial charge in [0.25, 0.3) is 0 Å². The number of benzene rings is 1. The zero-order valence-corrected chi connectivity index (χ0v) is 12.5. The molecule has 2 aromatic rings. The third kappa shape index (κ3) is 3.17. The lowest BCUT2D eigenvalue weighted by Gasteiger charge is -2.12. The summed E-state index contributed by atoms with van der Waals surface area (Å²) >= 11 is 3.30. The van der Waals surface area contributed by atoms with Gasteiger partial charge in [-0.1, -0.05) is 6.07 Å². The van der Waals surface area contributed by atoms with Crippen molar-refractivity contribution in [3.05, 3.63) is 40.5 Å². The Morgan fingerprint density at radius 3 is 2.21 bits per heavy atom.